The number of benzene rings is 1. The van der Waals surface area contributed by atoms with Crippen LogP contribution >= 0.6 is 0 Å². The maximum atomic E-state index is 12.4. The highest BCUT2D eigenvalue weighted by Crippen LogP contribution is 2.31. The summed E-state index contributed by atoms with van der Waals surface area (Å²) in [5, 5.41) is 9.22. The van der Waals surface area contributed by atoms with Crippen molar-refractivity contribution >= 4 is 11.8 Å². The molecule has 0 radical (unpaired) electrons. The zero-order valence-electron chi connectivity index (χ0n) is 16.4. The Morgan fingerprint density at radius 3 is 2.47 bits per heavy atom. The summed E-state index contributed by atoms with van der Waals surface area (Å²) in [6.07, 6.45) is -2.12. The van der Waals surface area contributed by atoms with Crippen LogP contribution in [0.3, 0.4) is 0 Å². The van der Waals surface area contributed by atoms with Crippen molar-refractivity contribution in [2.75, 3.05) is 31.7 Å². The number of aromatic nitrogens is 2. The van der Waals surface area contributed by atoms with Crippen LogP contribution in [0.1, 0.15) is 18.5 Å². The summed E-state index contributed by atoms with van der Waals surface area (Å²) < 4.78 is 46.9. The zero-order valence-corrected chi connectivity index (χ0v) is 16.4. The molecule has 7 nitrogen and oxygen atoms in total. The normalized spacial score (nSPS) is 15.3. The van der Waals surface area contributed by atoms with Crippen LogP contribution in [-0.4, -0.2) is 54.0 Å². The van der Waals surface area contributed by atoms with Crippen molar-refractivity contribution in [3.05, 3.63) is 36.2 Å². The Kier molecular flexibility index (Phi) is 6.76. The van der Waals surface area contributed by atoms with Gasteiger partial charge in [0.1, 0.15) is 18.1 Å². The summed E-state index contributed by atoms with van der Waals surface area (Å²) in [4.78, 5) is 22.1. The lowest BCUT2D eigenvalue weighted by Gasteiger charge is -2.32. The molecule has 30 heavy (non-hydrogen) atoms. The Labute approximate surface area is 171 Å². The standard InChI is InChI=1S/C20H22F3N3O4/c1-29-16-4-2-13(3-5-16)17-18(26-8-6-14(7-9-26)19(27)28)25-15(10-24-17)11-30-12-20(21,22)23/h2-5,10,14H,6-9,11-12H2,1H3,(H,27,28). The molecule has 0 amide bonds. The highest BCUT2D eigenvalue weighted by atomic mass is 19.4. The van der Waals surface area contributed by atoms with Gasteiger partial charge in [-0.3, -0.25) is 9.78 Å². The number of methoxy groups -OCH3 is 1. The Morgan fingerprint density at radius 2 is 1.90 bits per heavy atom. The zero-order chi connectivity index (χ0) is 21.7. The molecule has 2 heterocycles. The third kappa shape index (κ3) is 5.59. The van der Waals surface area contributed by atoms with Crippen LogP contribution in [0.4, 0.5) is 19.0 Å². The molecule has 1 fully saturated rings. The second kappa shape index (κ2) is 9.29. The van der Waals surface area contributed by atoms with E-state index in [1.54, 1.807) is 19.2 Å². The molecular weight excluding hydrogens is 403 g/mol. The molecule has 1 saturated heterocycles. The van der Waals surface area contributed by atoms with Gasteiger partial charge in [-0.05, 0) is 37.1 Å². The van der Waals surface area contributed by atoms with Crippen LogP contribution in [-0.2, 0) is 16.1 Å². The predicted octanol–water partition coefficient (Wildman–Crippen LogP) is 3.53. The molecule has 162 valence electrons. The summed E-state index contributed by atoms with van der Waals surface area (Å²) in [6.45, 7) is -0.772. The molecule has 1 aliphatic rings. The molecule has 1 aromatic heterocycles. The lowest BCUT2D eigenvalue weighted by molar-refractivity contribution is -0.176. The largest absolute Gasteiger partial charge is 0.497 e. The second-order valence-electron chi connectivity index (χ2n) is 6.97. The fourth-order valence-corrected chi connectivity index (χ4v) is 3.27. The van der Waals surface area contributed by atoms with Gasteiger partial charge in [0.05, 0.1) is 31.5 Å². The number of hydrogen-bond donors (Lipinski definition) is 1. The Bertz CT molecular complexity index is 867. The first-order chi connectivity index (χ1) is 14.3. The van der Waals surface area contributed by atoms with Crippen molar-refractivity contribution in [3.8, 4) is 17.0 Å². The highest BCUT2D eigenvalue weighted by molar-refractivity contribution is 5.74. The maximum absolute atomic E-state index is 12.4. The number of nitrogens with zero attached hydrogens (tertiary/aromatic N) is 3. The minimum atomic E-state index is -4.42. The van der Waals surface area contributed by atoms with Crippen LogP contribution < -0.4 is 9.64 Å². The second-order valence-corrected chi connectivity index (χ2v) is 6.97. The quantitative estimate of drug-likeness (QED) is 0.726. The van der Waals surface area contributed by atoms with Crippen molar-refractivity contribution in [3.63, 3.8) is 0 Å². The average Bonchev–Trinajstić information content (AvgIpc) is 2.73. The van der Waals surface area contributed by atoms with E-state index >= 15 is 0 Å². The fraction of sp³-hybridized carbons (Fsp3) is 0.450. The predicted molar refractivity (Wildman–Crippen MR) is 102 cm³/mol. The summed E-state index contributed by atoms with van der Waals surface area (Å²) in [7, 11) is 1.56. The first-order valence-corrected chi connectivity index (χ1v) is 9.39. The van der Waals surface area contributed by atoms with Crippen LogP contribution in [0.5, 0.6) is 5.75 Å². The van der Waals surface area contributed by atoms with Gasteiger partial charge in [-0.25, -0.2) is 4.98 Å². The Hall–Kier alpha value is -2.88. The van der Waals surface area contributed by atoms with E-state index in [4.69, 9.17) is 9.47 Å². The lowest BCUT2D eigenvalue weighted by atomic mass is 9.97. The van der Waals surface area contributed by atoms with Gasteiger partial charge in [-0.15, -0.1) is 0 Å². The van der Waals surface area contributed by atoms with Gasteiger partial charge < -0.3 is 19.5 Å². The molecule has 1 N–H and O–H groups in total. The number of ether oxygens (including phenoxy) is 2. The fourth-order valence-electron chi connectivity index (χ4n) is 3.27. The van der Waals surface area contributed by atoms with Crippen molar-refractivity contribution in [1.29, 1.82) is 0 Å². The van der Waals surface area contributed by atoms with E-state index in [9.17, 15) is 23.1 Å². The topological polar surface area (TPSA) is 84.8 Å². The van der Waals surface area contributed by atoms with E-state index in [-0.39, 0.29) is 12.3 Å². The number of aliphatic carboxylic acids is 1. The number of piperidine rings is 1. The van der Waals surface area contributed by atoms with Crippen molar-refractivity contribution in [1.82, 2.24) is 9.97 Å². The van der Waals surface area contributed by atoms with E-state index in [2.05, 4.69) is 9.97 Å². The molecule has 3 rings (SSSR count). The highest BCUT2D eigenvalue weighted by Gasteiger charge is 2.29. The van der Waals surface area contributed by atoms with E-state index in [1.807, 2.05) is 17.0 Å². The average molecular weight is 425 g/mol. The van der Waals surface area contributed by atoms with E-state index < -0.39 is 24.7 Å². The minimum Gasteiger partial charge on any atom is -0.497 e. The third-order valence-electron chi connectivity index (χ3n) is 4.83. The van der Waals surface area contributed by atoms with Crippen LogP contribution in [0.15, 0.2) is 30.5 Å². The number of rotatable bonds is 7. The van der Waals surface area contributed by atoms with Gasteiger partial charge in [0.25, 0.3) is 0 Å². The molecule has 1 aliphatic heterocycles. The minimum absolute atomic E-state index is 0.270. The van der Waals surface area contributed by atoms with Crippen molar-refractivity contribution in [2.45, 2.75) is 25.6 Å². The molecule has 0 saturated carbocycles. The van der Waals surface area contributed by atoms with Crippen LogP contribution in [0.2, 0.25) is 0 Å². The smallest absolute Gasteiger partial charge is 0.411 e. The molecule has 0 spiro atoms. The Balaban J connectivity index is 1.86. The molecule has 0 atom stereocenters. The van der Waals surface area contributed by atoms with Crippen molar-refractivity contribution < 1.29 is 32.5 Å². The van der Waals surface area contributed by atoms with Gasteiger partial charge in [0, 0.05) is 18.7 Å². The summed E-state index contributed by atoms with van der Waals surface area (Å²) in [6, 6.07) is 7.18. The molecule has 0 bridgehead atoms. The molecule has 0 aliphatic carbocycles. The maximum Gasteiger partial charge on any atom is 0.411 e. The number of halogens is 3. The van der Waals surface area contributed by atoms with Gasteiger partial charge in [0.15, 0.2) is 5.82 Å². The van der Waals surface area contributed by atoms with E-state index in [0.717, 1.165) is 5.56 Å². The SMILES string of the molecule is COc1ccc(-c2ncc(COCC(F)(F)F)nc2N2CCC(C(=O)O)CC2)cc1. The number of anilines is 1. The van der Waals surface area contributed by atoms with E-state index in [1.165, 1.54) is 6.20 Å². The number of carboxylic acid groups (broad SMARTS) is 1. The van der Waals surface area contributed by atoms with Gasteiger partial charge in [-0.1, -0.05) is 0 Å². The number of carbonyl (C=O) groups is 1. The summed E-state index contributed by atoms with van der Waals surface area (Å²) in [5.74, 6) is -0.0767. The molecule has 0 unspecified atom stereocenters. The van der Waals surface area contributed by atoms with E-state index in [0.29, 0.717) is 43.2 Å². The monoisotopic (exact) mass is 425 g/mol. The van der Waals surface area contributed by atoms with Crippen LogP contribution in [0.25, 0.3) is 11.3 Å². The molecule has 1 aromatic carbocycles. The number of carboxylic acids is 1. The molecule has 10 heteroatoms. The van der Waals surface area contributed by atoms with Gasteiger partial charge in [0.2, 0.25) is 0 Å². The Morgan fingerprint density at radius 1 is 1.23 bits per heavy atom. The summed E-state index contributed by atoms with van der Waals surface area (Å²) >= 11 is 0. The molecule has 2 aromatic rings. The third-order valence-corrected chi connectivity index (χ3v) is 4.83. The molecular formula is C20H22F3N3O4. The van der Waals surface area contributed by atoms with Gasteiger partial charge in [-0.2, -0.15) is 13.2 Å². The van der Waals surface area contributed by atoms with Gasteiger partial charge >= 0.3 is 12.1 Å². The first kappa shape index (κ1) is 21.8. The van der Waals surface area contributed by atoms with Crippen molar-refractivity contribution in [2.24, 2.45) is 5.92 Å². The summed E-state index contributed by atoms with van der Waals surface area (Å²) in [5.41, 5.74) is 1.60. The van der Waals surface area contributed by atoms with Crippen LogP contribution in [0, 0.1) is 5.92 Å². The lowest BCUT2D eigenvalue weighted by Crippen LogP contribution is -2.37. The number of alkyl halides is 3. The first-order valence-electron chi connectivity index (χ1n) is 9.39. The number of hydrogen-bond acceptors (Lipinski definition) is 6.